The maximum absolute atomic E-state index is 13.8. The fourth-order valence-corrected chi connectivity index (χ4v) is 5.53. The molecule has 1 atom stereocenters. The molecule has 40 heavy (non-hydrogen) atoms. The molecule has 8 heteroatoms. The molecule has 3 aromatic rings. The Morgan fingerprint density at radius 2 is 1.57 bits per heavy atom. The number of benzene rings is 3. The minimum absolute atomic E-state index is 0.123. The summed E-state index contributed by atoms with van der Waals surface area (Å²) in [4.78, 5) is 38.1. The molecule has 2 heterocycles. The summed E-state index contributed by atoms with van der Waals surface area (Å²) >= 11 is 0. The van der Waals surface area contributed by atoms with E-state index in [4.69, 9.17) is 4.99 Å². The number of nitrogens with one attached hydrogen (secondary N) is 2. The highest BCUT2D eigenvalue weighted by molar-refractivity contribution is 6.20. The highest BCUT2D eigenvalue weighted by Gasteiger charge is 2.34. The monoisotopic (exact) mass is 538 g/mol. The number of amides is 3. The van der Waals surface area contributed by atoms with Gasteiger partial charge in [-0.3, -0.25) is 4.79 Å². The summed E-state index contributed by atoms with van der Waals surface area (Å²) in [6.07, 6.45) is 1.18. The lowest BCUT2D eigenvalue weighted by molar-refractivity contribution is -0.120. The van der Waals surface area contributed by atoms with Crippen molar-refractivity contribution in [3.05, 3.63) is 90.0 Å². The van der Waals surface area contributed by atoms with Gasteiger partial charge in [-0.1, -0.05) is 48.5 Å². The molecular weight excluding hydrogens is 500 g/mol. The maximum Gasteiger partial charge on any atom is 0.321 e. The van der Waals surface area contributed by atoms with Gasteiger partial charge in [0.15, 0.2) is 0 Å². The fraction of sp³-hybridized carbons (Fsp3) is 0.344. The van der Waals surface area contributed by atoms with Gasteiger partial charge in [0.25, 0.3) is 5.91 Å². The molecule has 0 aromatic heterocycles. The highest BCUT2D eigenvalue weighted by atomic mass is 16.2. The van der Waals surface area contributed by atoms with Crippen LogP contribution in [-0.4, -0.2) is 68.0 Å². The van der Waals surface area contributed by atoms with E-state index in [9.17, 15) is 9.59 Å². The molecule has 1 unspecified atom stereocenters. The number of urea groups is 1. The zero-order valence-electron chi connectivity index (χ0n) is 23.7. The molecule has 3 aromatic carbocycles. The second kappa shape index (κ2) is 11.9. The number of hydrogen-bond donors (Lipinski definition) is 2. The summed E-state index contributed by atoms with van der Waals surface area (Å²) < 4.78 is 0. The van der Waals surface area contributed by atoms with E-state index in [-0.39, 0.29) is 11.9 Å². The molecule has 0 radical (unpaired) electrons. The van der Waals surface area contributed by atoms with E-state index in [1.54, 1.807) is 4.90 Å². The maximum atomic E-state index is 13.8. The third kappa shape index (κ3) is 5.87. The molecule has 0 aliphatic carbocycles. The Morgan fingerprint density at radius 3 is 2.23 bits per heavy atom. The van der Waals surface area contributed by atoms with Gasteiger partial charge in [0.05, 0.1) is 11.4 Å². The van der Waals surface area contributed by atoms with Crippen molar-refractivity contribution >= 4 is 34.7 Å². The van der Waals surface area contributed by atoms with Crippen LogP contribution >= 0.6 is 0 Å². The minimum atomic E-state index is -1.08. The smallest absolute Gasteiger partial charge is 0.321 e. The Bertz CT molecular complexity index is 1360. The molecule has 0 spiro atoms. The van der Waals surface area contributed by atoms with E-state index in [0.717, 1.165) is 48.4 Å². The van der Waals surface area contributed by atoms with E-state index in [0.29, 0.717) is 17.4 Å². The molecule has 1 saturated heterocycles. The number of benzodiazepines with no additional fused rings is 1. The third-order valence-corrected chi connectivity index (χ3v) is 7.66. The normalized spacial score (nSPS) is 17.9. The topological polar surface area (TPSA) is 80.3 Å². The van der Waals surface area contributed by atoms with Crippen LogP contribution in [0.25, 0.3) is 0 Å². The number of para-hydroxylation sites is 1. The Balaban J connectivity index is 1.34. The van der Waals surface area contributed by atoms with Crippen LogP contribution in [0.5, 0.6) is 0 Å². The largest absolute Gasteiger partial charge is 0.371 e. The fourth-order valence-electron chi connectivity index (χ4n) is 5.53. The second-order valence-corrected chi connectivity index (χ2v) is 10.9. The lowest BCUT2D eigenvalue weighted by Gasteiger charge is -2.36. The molecule has 2 N–H and O–H groups in total. The lowest BCUT2D eigenvalue weighted by atomic mass is 10.00. The van der Waals surface area contributed by atoms with E-state index in [1.165, 1.54) is 0 Å². The number of fused-ring (bicyclic) bond motifs is 1. The highest BCUT2D eigenvalue weighted by Crippen LogP contribution is 2.30. The van der Waals surface area contributed by atoms with Crippen molar-refractivity contribution in [3.8, 4) is 0 Å². The van der Waals surface area contributed by atoms with Crippen LogP contribution < -0.4 is 20.4 Å². The van der Waals surface area contributed by atoms with E-state index < -0.39 is 12.2 Å². The second-order valence-electron chi connectivity index (χ2n) is 10.9. The Morgan fingerprint density at radius 1 is 0.925 bits per heavy atom. The van der Waals surface area contributed by atoms with E-state index in [1.807, 2.05) is 92.7 Å². The molecule has 3 amide bonds. The quantitative estimate of drug-likeness (QED) is 0.465. The summed E-state index contributed by atoms with van der Waals surface area (Å²) in [6.45, 7) is 5.94. The van der Waals surface area contributed by atoms with Gasteiger partial charge in [0.1, 0.15) is 0 Å². The molecule has 8 nitrogen and oxygen atoms in total. The van der Waals surface area contributed by atoms with Crippen molar-refractivity contribution in [3.63, 3.8) is 0 Å². The predicted octanol–water partition coefficient (Wildman–Crippen LogP) is 4.96. The summed E-state index contributed by atoms with van der Waals surface area (Å²) in [7, 11) is 4.28. The Hall–Kier alpha value is -4.17. The first-order valence-corrected chi connectivity index (χ1v) is 14.0. The lowest BCUT2D eigenvalue weighted by Crippen LogP contribution is -2.50. The molecule has 2 aliphatic rings. The number of hydrogen-bond acceptors (Lipinski definition) is 5. The zero-order chi connectivity index (χ0) is 28.2. The molecule has 0 saturated carbocycles. The van der Waals surface area contributed by atoms with Crippen LogP contribution in [0, 0.1) is 0 Å². The number of anilines is 3. The van der Waals surface area contributed by atoms with Crippen LogP contribution in [0.4, 0.5) is 21.9 Å². The van der Waals surface area contributed by atoms with Crippen LogP contribution in [0.15, 0.2) is 83.9 Å². The van der Waals surface area contributed by atoms with Gasteiger partial charge in [-0.2, -0.15) is 0 Å². The number of carbonyl (C=O) groups is 2. The Labute approximate surface area is 236 Å². The van der Waals surface area contributed by atoms with Crippen LogP contribution in [-0.2, 0) is 4.79 Å². The van der Waals surface area contributed by atoms with Gasteiger partial charge in [-0.15, -0.1) is 0 Å². The third-order valence-electron chi connectivity index (χ3n) is 7.66. The molecule has 208 valence electrons. The SMILES string of the molecule is CC(C)N1C(=O)C(NC(=O)Nc2ccc(N3CCC(N(C)C)CC3)cc2)N=C(c2ccccc2)c2ccccc21. The first-order valence-electron chi connectivity index (χ1n) is 14.0. The predicted molar refractivity (Wildman–Crippen MR) is 162 cm³/mol. The van der Waals surface area contributed by atoms with Crippen LogP contribution in [0.1, 0.15) is 37.8 Å². The summed E-state index contributed by atoms with van der Waals surface area (Å²) in [5.41, 5.74) is 4.98. The average Bonchev–Trinajstić information content (AvgIpc) is 3.08. The minimum Gasteiger partial charge on any atom is -0.371 e. The number of nitrogens with zero attached hydrogens (tertiary/aromatic N) is 4. The molecule has 2 aliphatic heterocycles. The number of carbonyl (C=O) groups excluding carboxylic acids is 2. The average molecular weight is 539 g/mol. The van der Waals surface area contributed by atoms with E-state index >= 15 is 0 Å². The number of aliphatic imine (C=N–C) groups is 1. The number of rotatable bonds is 6. The van der Waals surface area contributed by atoms with Crippen molar-refractivity contribution in [1.82, 2.24) is 10.2 Å². The summed E-state index contributed by atoms with van der Waals surface area (Å²) in [5.74, 6) is -0.278. The van der Waals surface area contributed by atoms with Crippen molar-refractivity contribution in [2.24, 2.45) is 4.99 Å². The van der Waals surface area contributed by atoms with E-state index in [2.05, 4.69) is 34.5 Å². The van der Waals surface area contributed by atoms with Gasteiger partial charge < -0.3 is 25.3 Å². The Kier molecular flexibility index (Phi) is 8.16. The molecule has 0 bridgehead atoms. The van der Waals surface area contributed by atoms with Crippen molar-refractivity contribution in [1.29, 1.82) is 0 Å². The van der Waals surface area contributed by atoms with Crippen molar-refractivity contribution in [2.45, 2.75) is 44.9 Å². The zero-order valence-corrected chi connectivity index (χ0v) is 23.7. The number of piperidine rings is 1. The van der Waals surface area contributed by atoms with Gasteiger partial charge in [0.2, 0.25) is 6.17 Å². The van der Waals surface area contributed by atoms with Gasteiger partial charge >= 0.3 is 6.03 Å². The molecule has 5 rings (SSSR count). The van der Waals surface area contributed by atoms with Crippen molar-refractivity contribution < 1.29 is 9.59 Å². The summed E-state index contributed by atoms with van der Waals surface area (Å²) in [6, 6.07) is 25.4. The first-order chi connectivity index (χ1) is 19.3. The first kappa shape index (κ1) is 27.4. The standard InChI is InChI=1S/C32H38N6O2/c1-22(2)38-28-13-9-8-12-27(28)29(23-10-6-5-7-11-23)34-30(31(38)39)35-32(40)33-24-14-16-26(17-15-24)37-20-18-25(19-21-37)36(3)4/h5-17,22,25,30H,18-21H2,1-4H3,(H2,33,35,40). The van der Waals surface area contributed by atoms with Gasteiger partial charge in [-0.05, 0) is 71.1 Å². The molecule has 1 fully saturated rings. The summed E-state index contributed by atoms with van der Waals surface area (Å²) in [5, 5.41) is 5.71. The molecular formula is C32H38N6O2. The van der Waals surface area contributed by atoms with Gasteiger partial charge in [-0.25, -0.2) is 9.79 Å². The van der Waals surface area contributed by atoms with Crippen molar-refractivity contribution in [2.75, 3.05) is 42.3 Å². The van der Waals surface area contributed by atoms with Crippen LogP contribution in [0.2, 0.25) is 0 Å². The van der Waals surface area contributed by atoms with Gasteiger partial charge in [0, 0.05) is 47.7 Å². The van der Waals surface area contributed by atoms with Crippen LogP contribution in [0.3, 0.4) is 0 Å².